The minimum absolute atomic E-state index is 0.239. The summed E-state index contributed by atoms with van der Waals surface area (Å²) in [6.07, 6.45) is 42.9. The zero-order valence-electron chi connectivity index (χ0n) is 59.4. The van der Waals surface area contributed by atoms with Gasteiger partial charge in [0.2, 0.25) is 5.91 Å². The molecule has 17 atom stereocenters. The van der Waals surface area contributed by atoms with Gasteiger partial charge in [-0.1, -0.05) is 281 Å². The Kier molecular flexibility index (Phi) is 52.9. The molecule has 3 rings (SSSR count). The summed E-state index contributed by atoms with van der Waals surface area (Å²) in [6.45, 7) is 1.75. The van der Waals surface area contributed by atoms with Crippen molar-refractivity contribution in [2.45, 2.75) is 413 Å². The smallest absolute Gasteiger partial charge is 0.220 e. The van der Waals surface area contributed by atoms with E-state index in [2.05, 4.69) is 43.5 Å². The highest BCUT2D eigenvalue weighted by Crippen LogP contribution is 2.33. The average molecular weight is 1360 g/mol. The maximum absolute atomic E-state index is 13.4. The van der Waals surface area contributed by atoms with Crippen molar-refractivity contribution in [2.24, 2.45) is 0 Å². The van der Waals surface area contributed by atoms with Crippen LogP contribution >= 0.6 is 0 Å². The highest BCUT2D eigenvalue weighted by molar-refractivity contribution is 5.76. The molecule has 0 aliphatic carbocycles. The number of amides is 1. The van der Waals surface area contributed by atoms with Gasteiger partial charge in [0.05, 0.1) is 38.6 Å². The fraction of sp³-hybridized carbons (Fsp3) is 0.908. The second kappa shape index (κ2) is 57.6. The Bertz CT molecular complexity index is 1860. The van der Waals surface area contributed by atoms with Gasteiger partial charge in [-0.3, -0.25) is 4.79 Å². The summed E-state index contributed by atoms with van der Waals surface area (Å²) < 4.78 is 34.4. The van der Waals surface area contributed by atoms with Crippen molar-refractivity contribution in [3.05, 3.63) is 36.5 Å². The van der Waals surface area contributed by atoms with Crippen molar-refractivity contribution in [2.75, 3.05) is 26.4 Å². The van der Waals surface area contributed by atoms with Crippen molar-refractivity contribution in [1.82, 2.24) is 5.32 Å². The van der Waals surface area contributed by atoms with Crippen molar-refractivity contribution >= 4 is 5.91 Å². The number of nitrogens with one attached hydrogen (secondary N) is 1. The molecule has 19 heteroatoms. The third-order valence-corrected chi connectivity index (χ3v) is 19.4. The van der Waals surface area contributed by atoms with Crippen LogP contribution in [0.1, 0.15) is 309 Å². The van der Waals surface area contributed by atoms with Crippen LogP contribution in [0.15, 0.2) is 36.5 Å². The van der Waals surface area contributed by atoms with Gasteiger partial charge in [0.15, 0.2) is 18.9 Å². The van der Waals surface area contributed by atoms with Gasteiger partial charge < -0.3 is 89.9 Å². The van der Waals surface area contributed by atoms with E-state index in [1.807, 2.05) is 6.08 Å². The molecule has 12 N–H and O–H groups in total. The van der Waals surface area contributed by atoms with Crippen LogP contribution in [-0.4, -0.2) is 193 Å². The van der Waals surface area contributed by atoms with E-state index in [4.69, 9.17) is 28.4 Å². The predicted molar refractivity (Wildman–Crippen MR) is 374 cm³/mol. The van der Waals surface area contributed by atoms with Crippen LogP contribution in [-0.2, 0) is 33.2 Å². The Morgan fingerprint density at radius 3 is 1.05 bits per heavy atom. The molecular weight excluding hydrogens is 1210 g/mol. The average Bonchev–Trinajstić information content (AvgIpc) is 0.786. The SMILES string of the molecule is CCCCCCCCCC/C=C\CCCCCCCCCCCCCCCCCCCCCCCC(=O)NC(COC1OC(CO)C(OC2OC(CO)C(OC3OC(CO)C(O)C(O)C3O)C(O)C2O)C(O)C1O)C(O)/C=C/CC/C=C/CCCCCCCCCCCCC. The van der Waals surface area contributed by atoms with Crippen LogP contribution in [0.4, 0.5) is 0 Å². The topological polar surface area (TPSA) is 307 Å². The largest absolute Gasteiger partial charge is 0.394 e. The molecule has 0 aromatic carbocycles. The van der Waals surface area contributed by atoms with Crippen molar-refractivity contribution in [3.63, 3.8) is 0 Å². The van der Waals surface area contributed by atoms with Crippen LogP contribution in [0.3, 0.4) is 0 Å². The number of rotatable bonds is 61. The maximum atomic E-state index is 13.4. The number of unbranched alkanes of at least 4 members (excludes halogenated alkanes) is 41. The first-order chi connectivity index (χ1) is 46.3. The van der Waals surface area contributed by atoms with Gasteiger partial charge >= 0.3 is 0 Å². The lowest BCUT2D eigenvalue weighted by Crippen LogP contribution is -2.66. The highest BCUT2D eigenvalue weighted by atomic mass is 16.8. The van der Waals surface area contributed by atoms with Crippen molar-refractivity contribution < 1.29 is 89.4 Å². The molecule has 3 aliphatic rings. The lowest BCUT2D eigenvalue weighted by atomic mass is 9.96. The van der Waals surface area contributed by atoms with Crippen molar-refractivity contribution in [3.8, 4) is 0 Å². The summed E-state index contributed by atoms with van der Waals surface area (Å²) in [5.74, 6) is -0.280. The zero-order chi connectivity index (χ0) is 68.9. The van der Waals surface area contributed by atoms with E-state index in [1.54, 1.807) is 6.08 Å². The fourth-order valence-corrected chi connectivity index (χ4v) is 13.1. The van der Waals surface area contributed by atoms with Crippen LogP contribution < -0.4 is 5.32 Å². The van der Waals surface area contributed by atoms with Gasteiger partial charge in [0.1, 0.15) is 73.2 Å². The third-order valence-electron chi connectivity index (χ3n) is 19.4. The molecule has 558 valence electrons. The molecule has 17 unspecified atom stereocenters. The standard InChI is InChI=1S/C76H141NO18/c1-3-5-7-9-11-13-15-17-19-21-22-23-24-25-26-27-28-29-30-31-32-33-34-35-36-38-40-42-44-46-48-50-52-54-64(82)77-59(60(81)53-51-49-47-45-43-41-39-37-20-18-16-14-12-10-8-6-4-2)58-90-74-70(88)67(85)72(62(56-79)92-74)95-76-71(89)68(86)73(63(57-80)93-76)94-75-69(87)66(84)65(83)61(55-78)91-75/h21-22,43,45,51,53,59-63,65-76,78-81,83-89H,3-20,23-42,44,46-50,52,54-58H2,1-2H3,(H,77,82)/b22-21-,45-43+,53-51+. The first-order valence-corrected chi connectivity index (χ1v) is 38.7. The number of carbonyl (C=O) groups is 1. The Hall–Kier alpha value is -1.99. The second-order valence-electron chi connectivity index (χ2n) is 27.8. The molecule has 3 aliphatic heterocycles. The first-order valence-electron chi connectivity index (χ1n) is 38.7. The summed E-state index contributed by atoms with van der Waals surface area (Å²) in [6, 6.07) is -0.988. The quantitative estimate of drug-likeness (QED) is 0.0199. The lowest BCUT2D eigenvalue weighted by molar-refractivity contribution is -0.379. The summed E-state index contributed by atoms with van der Waals surface area (Å²) in [5, 5.41) is 121. The highest BCUT2D eigenvalue weighted by Gasteiger charge is 2.53. The van der Waals surface area contributed by atoms with E-state index in [0.717, 1.165) is 38.5 Å². The Labute approximate surface area is 574 Å². The molecule has 1 amide bonds. The van der Waals surface area contributed by atoms with Gasteiger partial charge in [-0.2, -0.15) is 0 Å². The summed E-state index contributed by atoms with van der Waals surface area (Å²) >= 11 is 0. The van der Waals surface area contributed by atoms with Gasteiger partial charge in [0, 0.05) is 6.42 Å². The van der Waals surface area contributed by atoms with Crippen LogP contribution in [0.25, 0.3) is 0 Å². The molecule has 19 nitrogen and oxygen atoms in total. The number of ether oxygens (including phenoxy) is 6. The Morgan fingerprint density at radius 2 is 0.674 bits per heavy atom. The molecule has 0 radical (unpaired) electrons. The van der Waals surface area contributed by atoms with E-state index in [9.17, 15) is 61.0 Å². The Balaban J connectivity index is 1.35. The molecule has 0 spiro atoms. The van der Waals surface area contributed by atoms with Gasteiger partial charge in [0.25, 0.3) is 0 Å². The third kappa shape index (κ3) is 38.6. The monoisotopic (exact) mass is 1360 g/mol. The number of aliphatic hydroxyl groups is 11. The van der Waals surface area contributed by atoms with Crippen LogP contribution in [0.2, 0.25) is 0 Å². The van der Waals surface area contributed by atoms with Crippen LogP contribution in [0.5, 0.6) is 0 Å². The van der Waals surface area contributed by atoms with E-state index < -0.39 is 124 Å². The minimum atomic E-state index is -1.98. The lowest BCUT2D eigenvalue weighted by Gasteiger charge is -2.48. The van der Waals surface area contributed by atoms with Gasteiger partial charge in [-0.05, 0) is 57.8 Å². The van der Waals surface area contributed by atoms with E-state index in [0.29, 0.717) is 12.8 Å². The summed E-state index contributed by atoms with van der Waals surface area (Å²) in [5.41, 5.74) is 0. The maximum Gasteiger partial charge on any atom is 0.220 e. The van der Waals surface area contributed by atoms with Gasteiger partial charge in [-0.15, -0.1) is 0 Å². The Morgan fingerprint density at radius 1 is 0.368 bits per heavy atom. The molecule has 0 bridgehead atoms. The first kappa shape index (κ1) is 87.2. The molecule has 0 saturated carbocycles. The summed E-state index contributed by atoms with van der Waals surface area (Å²) in [7, 11) is 0. The number of aliphatic hydroxyl groups excluding tert-OH is 11. The van der Waals surface area contributed by atoms with E-state index >= 15 is 0 Å². The van der Waals surface area contributed by atoms with E-state index in [1.165, 1.54) is 238 Å². The molecule has 0 aromatic rings. The fourth-order valence-electron chi connectivity index (χ4n) is 13.1. The number of allylic oxidation sites excluding steroid dienone is 5. The molecule has 3 saturated heterocycles. The number of hydrogen-bond acceptors (Lipinski definition) is 18. The molecular formula is C76H141NO18. The van der Waals surface area contributed by atoms with E-state index in [-0.39, 0.29) is 18.9 Å². The minimum Gasteiger partial charge on any atom is -0.394 e. The molecule has 3 heterocycles. The van der Waals surface area contributed by atoms with Crippen LogP contribution in [0, 0.1) is 0 Å². The number of carbonyl (C=O) groups excluding carboxylic acids is 1. The molecule has 95 heavy (non-hydrogen) atoms. The molecule has 0 aromatic heterocycles. The molecule has 3 fully saturated rings. The normalized spacial score (nSPS) is 27.4. The number of hydrogen-bond donors (Lipinski definition) is 12. The summed E-state index contributed by atoms with van der Waals surface area (Å²) in [4.78, 5) is 13.4. The van der Waals surface area contributed by atoms with Gasteiger partial charge in [-0.25, -0.2) is 0 Å². The second-order valence-corrected chi connectivity index (χ2v) is 27.8. The predicted octanol–water partition coefficient (Wildman–Crippen LogP) is 11.9. The zero-order valence-corrected chi connectivity index (χ0v) is 59.4. The van der Waals surface area contributed by atoms with Crippen molar-refractivity contribution in [1.29, 1.82) is 0 Å².